The summed E-state index contributed by atoms with van der Waals surface area (Å²) in [5.41, 5.74) is 5.50. The van der Waals surface area contributed by atoms with Crippen molar-refractivity contribution in [3.05, 3.63) is 0 Å². The van der Waals surface area contributed by atoms with Crippen LogP contribution in [0.15, 0.2) is 0 Å². The maximum atomic E-state index is 11.5. The van der Waals surface area contributed by atoms with Gasteiger partial charge in [0.05, 0.1) is 12.1 Å². The van der Waals surface area contributed by atoms with E-state index < -0.39 is 6.04 Å². The standard InChI is InChI=1S/C9H18N2O2/c1-6-3-4-8(12)5-11(6)9(13)7(2)10/h6-8,12H,3-5,10H2,1-2H3/t6?,7-,8?/m1/s1. The molecule has 1 rings (SSSR count). The Morgan fingerprint density at radius 1 is 1.62 bits per heavy atom. The summed E-state index contributed by atoms with van der Waals surface area (Å²) in [6, 6.07) is -0.255. The minimum absolute atomic E-state index is 0.0637. The lowest BCUT2D eigenvalue weighted by molar-refractivity contribution is -0.138. The fraction of sp³-hybridized carbons (Fsp3) is 0.889. The van der Waals surface area contributed by atoms with Gasteiger partial charge in [-0.25, -0.2) is 0 Å². The first-order valence-corrected chi connectivity index (χ1v) is 4.76. The summed E-state index contributed by atoms with van der Waals surface area (Å²) >= 11 is 0. The fourth-order valence-corrected chi connectivity index (χ4v) is 1.66. The molecule has 1 aliphatic heterocycles. The minimum Gasteiger partial charge on any atom is -0.391 e. The predicted octanol–water partition coefficient (Wildman–Crippen LogP) is -0.295. The van der Waals surface area contributed by atoms with Crippen molar-refractivity contribution in [1.82, 2.24) is 4.90 Å². The number of likely N-dealkylation sites (tertiary alicyclic amines) is 1. The van der Waals surface area contributed by atoms with Crippen molar-refractivity contribution in [3.63, 3.8) is 0 Å². The first-order valence-electron chi connectivity index (χ1n) is 4.76. The third kappa shape index (κ3) is 2.42. The molecule has 0 aliphatic carbocycles. The number of amides is 1. The highest BCUT2D eigenvalue weighted by Crippen LogP contribution is 2.17. The zero-order valence-corrected chi connectivity index (χ0v) is 8.23. The van der Waals surface area contributed by atoms with E-state index in [9.17, 15) is 9.90 Å². The largest absolute Gasteiger partial charge is 0.391 e. The second-order valence-corrected chi connectivity index (χ2v) is 3.86. The first kappa shape index (κ1) is 10.5. The Hall–Kier alpha value is -0.610. The second-order valence-electron chi connectivity index (χ2n) is 3.86. The van der Waals surface area contributed by atoms with Crippen LogP contribution in [0.5, 0.6) is 0 Å². The molecule has 1 heterocycles. The smallest absolute Gasteiger partial charge is 0.239 e. The summed E-state index contributed by atoms with van der Waals surface area (Å²) < 4.78 is 0. The van der Waals surface area contributed by atoms with E-state index >= 15 is 0 Å². The normalized spacial score (nSPS) is 31.5. The molecule has 1 aliphatic rings. The Kier molecular flexibility index (Phi) is 3.27. The highest BCUT2D eigenvalue weighted by Gasteiger charge is 2.28. The second kappa shape index (κ2) is 4.07. The summed E-state index contributed by atoms with van der Waals surface area (Å²) in [5, 5.41) is 9.39. The highest BCUT2D eigenvalue weighted by atomic mass is 16.3. The molecule has 3 atom stereocenters. The van der Waals surface area contributed by atoms with Gasteiger partial charge < -0.3 is 15.7 Å². The molecule has 0 aromatic carbocycles. The predicted molar refractivity (Wildman–Crippen MR) is 50.1 cm³/mol. The van der Waals surface area contributed by atoms with E-state index in [1.54, 1.807) is 11.8 Å². The molecule has 0 bridgehead atoms. The molecule has 1 amide bonds. The van der Waals surface area contributed by atoms with Crippen molar-refractivity contribution in [2.45, 2.75) is 44.9 Å². The molecule has 0 aromatic rings. The number of hydrogen-bond acceptors (Lipinski definition) is 3. The average Bonchev–Trinajstić information content (AvgIpc) is 2.08. The van der Waals surface area contributed by atoms with Crippen LogP contribution in [0.1, 0.15) is 26.7 Å². The van der Waals surface area contributed by atoms with Gasteiger partial charge in [0, 0.05) is 12.6 Å². The first-order chi connectivity index (χ1) is 6.02. The van der Waals surface area contributed by atoms with Crippen LogP contribution in [0.2, 0.25) is 0 Å². The van der Waals surface area contributed by atoms with Crippen LogP contribution < -0.4 is 5.73 Å². The fourth-order valence-electron chi connectivity index (χ4n) is 1.66. The molecule has 1 fully saturated rings. The molecule has 1 saturated heterocycles. The Labute approximate surface area is 78.7 Å². The number of hydrogen-bond donors (Lipinski definition) is 2. The Morgan fingerprint density at radius 2 is 2.23 bits per heavy atom. The van der Waals surface area contributed by atoms with Crippen molar-refractivity contribution in [1.29, 1.82) is 0 Å². The van der Waals surface area contributed by atoms with Crippen molar-refractivity contribution in [2.75, 3.05) is 6.54 Å². The van der Waals surface area contributed by atoms with E-state index in [0.717, 1.165) is 12.8 Å². The lowest BCUT2D eigenvalue weighted by Crippen LogP contribution is -2.52. The molecule has 0 radical (unpaired) electrons. The van der Waals surface area contributed by atoms with Gasteiger partial charge in [0.25, 0.3) is 0 Å². The van der Waals surface area contributed by atoms with E-state index in [0.29, 0.717) is 6.54 Å². The SMILES string of the molecule is CC1CCC(O)CN1C(=O)[C@@H](C)N. The van der Waals surface area contributed by atoms with Crippen molar-refractivity contribution >= 4 is 5.91 Å². The molecule has 4 nitrogen and oxygen atoms in total. The number of aliphatic hydroxyl groups excluding tert-OH is 1. The van der Waals surface area contributed by atoms with Gasteiger partial charge in [-0.1, -0.05) is 0 Å². The summed E-state index contributed by atoms with van der Waals surface area (Å²) in [6.07, 6.45) is 1.27. The third-order valence-electron chi connectivity index (χ3n) is 2.53. The number of rotatable bonds is 1. The molecule has 2 unspecified atom stereocenters. The van der Waals surface area contributed by atoms with E-state index in [2.05, 4.69) is 0 Å². The van der Waals surface area contributed by atoms with Crippen LogP contribution >= 0.6 is 0 Å². The molecule has 0 spiro atoms. The Balaban J connectivity index is 2.60. The number of carbonyl (C=O) groups excluding carboxylic acids is 1. The monoisotopic (exact) mass is 186 g/mol. The van der Waals surface area contributed by atoms with E-state index in [1.807, 2.05) is 6.92 Å². The Bertz CT molecular complexity index is 194. The number of carbonyl (C=O) groups is 1. The van der Waals surface area contributed by atoms with Gasteiger partial charge in [0.15, 0.2) is 0 Å². The van der Waals surface area contributed by atoms with Gasteiger partial charge in [0.2, 0.25) is 5.91 Å². The summed E-state index contributed by atoms with van der Waals surface area (Å²) in [5.74, 6) is -0.0637. The maximum Gasteiger partial charge on any atom is 0.239 e. The van der Waals surface area contributed by atoms with Crippen LogP contribution in [0, 0.1) is 0 Å². The summed E-state index contributed by atoms with van der Waals surface area (Å²) in [6.45, 7) is 4.10. The van der Waals surface area contributed by atoms with Crippen LogP contribution in [-0.2, 0) is 4.79 Å². The van der Waals surface area contributed by atoms with E-state index in [4.69, 9.17) is 5.73 Å². The van der Waals surface area contributed by atoms with E-state index in [-0.39, 0.29) is 18.1 Å². The molecular formula is C9H18N2O2. The molecule has 0 saturated carbocycles. The van der Waals surface area contributed by atoms with Gasteiger partial charge in [-0.05, 0) is 26.7 Å². The third-order valence-corrected chi connectivity index (χ3v) is 2.53. The van der Waals surface area contributed by atoms with Crippen molar-refractivity contribution in [3.8, 4) is 0 Å². The molecule has 76 valence electrons. The molecule has 4 heteroatoms. The van der Waals surface area contributed by atoms with Crippen molar-refractivity contribution < 1.29 is 9.90 Å². The minimum atomic E-state index is -0.465. The lowest BCUT2D eigenvalue weighted by Gasteiger charge is -2.36. The number of aliphatic hydroxyl groups is 1. The number of β-amino-alcohol motifs (C(OH)–C–C–N with tert-alkyl or cyclic N) is 1. The number of piperidine rings is 1. The zero-order valence-electron chi connectivity index (χ0n) is 8.23. The maximum absolute atomic E-state index is 11.5. The van der Waals surface area contributed by atoms with Crippen LogP contribution in [-0.4, -0.2) is 40.6 Å². The van der Waals surface area contributed by atoms with Crippen LogP contribution in [0.4, 0.5) is 0 Å². The zero-order chi connectivity index (χ0) is 10.0. The van der Waals surface area contributed by atoms with Gasteiger partial charge in [-0.2, -0.15) is 0 Å². The number of nitrogens with two attached hydrogens (primary N) is 1. The average molecular weight is 186 g/mol. The van der Waals surface area contributed by atoms with Crippen LogP contribution in [0.3, 0.4) is 0 Å². The van der Waals surface area contributed by atoms with Gasteiger partial charge in [-0.3, -0.25) is 4.79 Å². The lowest BCUT2D eigenvalue weighted by atomic mass is 10.0. The van der Waals surface area contributed by atoms with Gasteiger partial charge >= 0.3 is 0 Å². The molecule has 3 N–H and O–H groups in total. The molecule has 0 aromatic heterocycles. The molecule has 13 heavy (non-hydrogen) atoms. The van der Waals surface area contributed by atoms with Gasteiger partial charge in [0.1, 0.15) is 0 Å². The van der Waals surface area contributed by atoms with Gasteiger partial charge in [-0.15, -0.1) is 0 Å². The summed E-state index contributed by atoms with van der Waals surface area (Å²) in [7, 11) is 0. The topological polar surface area (TPSA) is 66.6 Å². The van der Waals surface area contributed by atoms with Crippen LogP contribution in [0.25, 0.3) is 0 Å². The van der Waals surface area contributed by atoms with E-state index in [1.165, 1.54) is 0 Å². The highest BCUT2D eigenvalue weighted by molar-refractivity contribution is 5.81. The molecular weight excluding hydrogens is 168 g/mol. The quantitative estimate of drug-likeness (QED) is 0.591. The Morgan fingerprint density at radius 3 is 2.77 bits per heavy atom. The number of nitrogens with zero attached hydrogens (tertiary/aromatic N) is 1. The summed E-state index contributed by atoms with van der Waals surface area (Å²) in [4.78, 5) is 13.2. The van der Waals surface area contributed by atoms with Crippen molar-refractivity contribution in [2.24, 2.45) is 5.73 Å².